The van der Waals surface area contributed by atoms with Gasteiger partial charge in [0.05, 0.1) is 12.5 Å². The van der Waals surface area contributed by atoms with E-state index in [4.69, 9.17) is 9.15 Å². The van der Waals surface area contributed by atoms with Gasteiger partial charge in [0.15, 0.2) is 0 Å². The van der Waals surface area contributed by atoms with Crippen LogP contribution in [-0.2, 0) is 4.74 Å². The molecule has 1 aliphatic rings. The maximum absolute atomic E-state index is 12.2. The second-order valence-corrected chi connectivity index (χ2v) is 6.64. The molecule has 0 spiro atoms. The van der Waals surface area contributed by atoms with E-state index in [2.05, 4.69) is 12.2 Å². The maximum Gasteiger partial charge on any atom is 0.410 e. The molecule has 1 amide bonds. The highest BCUT2D eigenvalue weighted by Crippen LogP contribution is 2.28. The summed E-state index contributed by atoms with van der Waals surface area (Å²) in [6.45, 7) is 9.18. The Balaban J connectivity index is 1.79. The van der Waals surface area contributed by atoms with Crippen molar-refractivity contribution in [3.05, 3.63) is 24.2 Å². The molecule has 5 nitrogen and oxygen atoms in total. The number of carbonyl (C=O) groups excluding carboxylic acids is 1. The Morgan fingerprint density at radius 2 is 2.24 bits per heavy atom. The Kier molecular flexibility index (Phi) is 4.93. The Bertz CT molecular complexity index is 447. The number of carbonyl (C=O) groups is 1. The monoisotopic (exact) mass is 294 g/mol. The molecule has 1 aliphatic carbocycles. The van der Waals surface area contributed by atoms with Crippen LogP contribution < -0.4 is 5.32 Å². The molecule has 5 heteroatoms. The number of amides is 1. The third-order valence-corrected chi connectivity index (χ3v) is 3.46. The first-order valence-corrected chi connectivity index (χ1v) is 7.62. The quantitative estimate of drug-likeness (QED) is 0.874. The van der Waals surface area contributed by atoms with Crippen LogP contribution in [0.5, 0.6) is 0 Å². The molecule has 0 aliphatic heterocycles. The molecule has 1 saturated carbocycles. The Morgan fingerprint density at radius 1 is 1.52 bits per heavy atom. The van der Waals surface area contributed by atoms with Crippen molar-refractivity contribution >= 4 is 6.09 Å². The van der Waals surface area contributed by atoms with Crippen LogP contribution in [0.15, 0.2) is 23.0 Å². The molecule has 2 rings (SSSR count). The molecule has 0 radical (unpaired) electrons. The van der Waals surface area contributed by atoms with Crippen molar-refractivity contribution in [3.8, 4) is 0 Å². The zero-order valence-electron chi connectivity index (χ0n) is 13.4. The van der Waals surface area contributed by atoms with Crippen molar-refractivity contribution in [2.75, 3.05) is 13.1 Å². The van der Waals surface area contributed by atoms with Gasteiger partial charge in [0.25, 0.3) is 0 Å². The van der Waals surface area contributed by atoms with Gasteiger partial charge in [0, 0.05) is 30.7 Å². The summed E-state index contributed by atoms with van der Waals surface area (Å²) in [7, 11) is 0. The van der Waals surface area contributed by atoms with Crippen LogP contribution in [0.25, 0.3) is 0 Å². The van der Waals surface area contributed by atoms with E-state index in [1.54, 1.807) is 12.5 Å². The highest BCUT2D eigenvalue weighted by atomic mass is 16.6. The van der Waals surface area contributed by atoms with Gasteiger partial charge in [-0.3, -0.25) is 0 Å². The summed E-state index contributed by atoms with van der Waals surface area (Å²) in [4.78, 5) is 14.1. The van der Waals surface area contributed by atoms with E-state index >= 15 is 0 Å². The molecule has 118 valence electrons. The fourth-order valence-corrected chi connectivity index (χ4v) is 2.17. The van der Waals surface area contributed by atoms with Crippen LogP contribution in [-0.4, -0.2) is 35.7 Å². The highest BCUT2D eigenvalue weighted by molar-refractivity contribution is 5.69. The lowest BCUT2D eigenvalue weighted by Crippen LogP contribution is -2.42. The van der Waals surface area contributed by atoms with Gasteiger partial charge < -0.3 is 19.4 Å². The summed E-state index contributed by atoms with van der Waals surface area (Å²) < 4.78 is 10.6. The van der Waals surface area contributed by atoms with Crippen LogP contribution >= 0.6 is 0 Å². The maximum atomic E-state index is 12.2. The molecule has 1 atom stereocenters. The van der Waals surface area contributed by atoms with E-state index in [9.17, 15) is 4.79 Å². The van der Waals surface area contributed by atoms with Crippen molar-refractivity contribution in [1.29, 1.82) is 0 Å². The summed E-state index contributed by atoms with van der Waals surface area (Å²) in [5, 5.41) is 3.41. The van der Waals surface area contributed by atoms with Gasteiger partial charge in [-0.25, -0.2) is 4.79 Å². The molecule has 1 fully saturated rings. The van der Waals surface area contributed by atoms with E-state index in [0.29, 0.717) is 12.6 Å². The summed E-state index contributed by atoms with van der Waals surface area (Å²) in [6, 6.07) is 2.51. The molecular formula is C16H26N2O3. The Morgan fingerprint density at radius 3 is 2.76 bits per heavy atom. The first-order chi connectivity index (χ1) is 9.87. The second kappa shape index (κ2) is 6.52. The van der Waals surface area contributed by atoms with Crippen LogP contribution in [0.4, 0.5) is 4.79 Å². The number of ether oxygens (including phenoxy) is 1. The third kappa shape index (κ3) is 5.08. The number of hydrogen-bond donors (Lipinski definition) is 1. The lowest BCUT2D eigenvalue weighted by molar-refractivity contribution is 0.0235. The minimum Gasteiger partial charge on any atom is -0.472 e. The predicted molar refractivity (Wildman–Crippen MR) is 81.1 cm³/mol. The molecule has 21 heavy (non-hydrogen) atoms. The predicted octanol–water partition coefficient (Wildman–Crippen LogP) is 3.33. The van der Waals surface area contributed by atoms with E-state index in [1.807, 2.05) is 31.7 Å². The van der Waals surface area contributed by atoms with Gasteiger partial charge in [0.2, 0.25) is 0 Å². The summed E-state index contributed by atoms with van der Waals surface area (Å²) in [5.74, 6) is 0. The van der Waals surface area contributed by atoms with Gasteiger partial charge in [-0.2, -0.15) is 0 Å². The largest absolute Gasteiger partial charge is 0.472 e. The average Bonchev–Trinajstić information content (AvgIpc) is 3.04. The highest BCUT2D eigenvalue weighted by Gasteiger charge is 2.34. The molecular weight excluding hydrogens is 268 g/mol. The van der Waals surface area contributed by atoms with E-state index < -0.39 is 5.60 Å². The zero-order valence-corrected chi connectivity index (χ0v) is 13.4. The van der Waals surface area contributed by atoms with Gasteiger partial charge in [-0.1, -0.05) is 0 Å². The van der Waals surface area contributed by atoms with Crippen LogP contribution in [0.2, 0.25) is 0 Å². The normalized spacial score (nSPS) is 16.6. The van der Waals surface area contributed by atoms with Gasteiger partial charge in [0.1, 0.15) is 5.60 Å². The second-order valence-electron chi connectivity index (χ2n) is 6.64. The van der Waals surface area contributed by atoms with Gasteiger partial charge >= 0.3 is 6.09 Å². The van der Waals surface area contributed by atoms with Gasteiger partial charge in [-0.05, 0) is 46.6 Å². The van der Waals surface area contributed by atoms with Crippen molar-refractivity contribution < 1.29 is 13.9 Å². The van der Waals surface area contributed by atoms with E-state index in [0.717, 1.165) is 24.9 Å². The first-order valence-electron chi connectivity index (χ1n) is 7.62. The number of nitrogens with zero attached hydrogens (tertiary/aromatic N) is 1. The number of hydrogen-bond acceptors (Lipinski definition) is 4. The third-order valence-electron chi connectivity index (χ3n) is 3.46. The van der Waals surface area contributed by atoms with Crippen LogP contribution in [0.1, 0.15) is 52.1 Å². The summed E-state index contributed by atoms with van der Waals surface area (Å²) in [5.41, 5.74) is 0.673. The fourth-order valence-electron chi connectivity index (χ4n) is 2.17. The van der Waals surface area contributed by atoms with Crippen molar-refractivity contribution in [2.45, 2.75) is 58.2 Å². The van der Waals surface area contributed by atoms with Crippen molar-refractivity contribution in [2.24, 2.45) is 0 Å². The molecule has 0 aromatic carbocycles. The topological polar surface area (TPSA) is 54.7 Å². The molecule has 1 aromatic rings. The summed E-state index contributed by atoms with van der Waals surface area (Å²) >= 11 is 0. The van der Waals surface area contributed by atoms with Crippen molar-refractivity contribution in [1.82, 2.24) is 10.2 Å². The molecule has 1 heterocycles. The van der Waals surface area contributed by atoms with E-state index in [1.165, 1.54) is 0 Å². The van der Waals surface area contributed by atoms with Gasteiger partial charge in [-0.15, -0.1) is 0 Å². The standard InChI is InChI=1S/C16H26N2O3/c1-12(13-7-10-20-11-13)17-8-9-18(14-5-6-14)15(19)21-16(2,3)4/h7,10-12,14,17H,5-6,8-9H2,1-4H3. The summed E-state index contributed by atoms with van der Waals surface area (Å²) in [6.07, 6.45) is 5.37. The number of rotatable bonds is 6. The Labute approximate surface area is 126 Å². The smallest absolute Gasteiger partial charge is 0.410 e. The first kappa shape index (κ1) is 15.9. The minimum atomic E-state index is -0.443. The van der Waals surface area contributed by atoms with Crippen molar-refractivity contribution in [3.63, 3.8) is 0 Å². The fraction of sp³-hybridized carbons (Fsp3) is 0.688. The number of furan rings is 1. The van der Waals surface area contributed by atoms with E-state index in [-0.39, 0.29) is 12.1 Å². The Hall–Kier alpha value is -1.49. The zero-order chi connectivity index (χ0) is 15.5. The van der Waals surface area contributed by atoms with Crippen LogP contribution in [0.3, 0.4) is 0 Å². The number of nitrogens with one attached hydrogen (secondary N) is 1. The molecule has 0 saturated heterocycles. The molecule has 1 N–H and O–H groups in total. The lowest BCUT2D eigenvalue weighted by Gasteiger charge is -2.28. The molecule has 1 aromatic heterocycles. The minimum absolute atomic E-state index is 0.206. The van der Waals surface area contributed by atoms with Crippen LogP contribution in [0, 0.1) is 0 Å². The average molecular weight is 294 g/mol. The molecule has 1 unspecified atom stereocenters. The molecule has 0 bridgehead atoms. The SMILES string of the molecule is CC(NCCN(C(=O)OC(C)(C)C)C1CC1)c1ccoc1. The lowest BCUT2D eigenvalue weighted by atomic mass is 10.2.